The molecule has 6 nitrogen and oxygen atoms in total. The molecule has 0 saturated carbocycles. The Hall–Kier alpha value is -3.93. The Bertz CT molecular complexity index is 1240. The molecule has 4 N–H and O–H groups in total. The molecule has 4 aromatic rings. The summed E-state index contributed by atoms with van der Waals surface area (Å²) in [6, 6.07) is 23.7. The monoisotopic (exact) mass is 383 g/mol. The third-order valence-corrected chi connectivity index (χ3v) is 4.71. The molecule has 0 fully saturated rings. The quantitative estimate of drug-likeness (QED) is 0.368. The first-order valence-corrected chi connectivity index (χ1v) is 9.33. The lowest BCUT2D eigenvalue weighted by Gasteiger charge is -2.09. The Labute approximate surface area is 168 Å². The minimum Gasteiger partial charge on any atom is -0.369 e. The fourth-order valence-electron chi connectivity index (χ4n) is 3.27. The van der Waals surface area contributed by atoms with Crippen LogP contribution in [0.3, 0.4) is 0 Å². The van der Waals surface area contributed by atoms with Crippen LogP contribution in [0.15, 0.2) is 82.6 Å². The maximum atomic E-state index is 12.6. The number of aromatic amines is 1. The topological polar surface area (TPSA) is 96.2 Å². The van der Waals surface area contributed by atoms with Gasteiger partial charge < -0.3 is 11.1 Å². The largest absolute Gasteiger partial charge is 0.369 e. The van der Waals surface area contributed by atoms with Gasteiger partial charge in [0.05, 0.1) is 5.69 Å². The number of aryl methyl sites for hydroxylation is 1. The number of nitrogens with zero attached hydrogens (tertiary/aromatic N) is 2. The molecule has 0 atom stereocenters. The minimum atomic E-state index is -0.210. The van der Waals surface area contributed by atoms with E-state index in [0.717, 1.165) is 22.0 Å². The number of aromatic nitrogens is 2. The molecular formula is C23H21N5O. The van der Waals surface area contributed by atoms with Crippen LogP contribution in [-0.4, -0.2) is 15.9 Å². The van der Waals surface area contributed by atoms with Crippen molar-refractivity contribution in [3.63, 3.8) is 0 Å². The molecule has 3 aromatic carbocycles. The number of H-pyrrole nitrogens is 1. The summed E-state index contributed by atoms with van der Waals surface area (Å²) in [5.74, 6) is 0.328. The summed E-state index contributed by atoms with van der Waals surface area (Å²) in [6.45, 7) is 1.81. The predicted molar refractivity (Wildman–Crippen MR) is 118 cm³/mol. The first kappa shape index (κ1) is 18.4. The molecule has 0 saturated heterocycles. The maximum absolute atomic E-state index is 12.6. The Morgan fingerprint density at radius 3 is 2.55 bits per heavy atom. The molecule has 0 unspecified atom stereocenters. The highest BCUT2D eigenvalue weighted by Crippen LogP contribution is 2.22. The molecule has 1 aromatic heterocycles. The lowest BCUT2D eigenvalue weighted by molar-refractivity contribution is 0.973. The molecule has 0 bridgehead atoms. The average molecular weight is 383 g/mol. The van der Waals surface area contributed by atoms with Crippen LogP contribution in [0.5, 0.6) is 0 Å². The number of nitrogens with one attached hydrogen (secondary N) is 2. The fourth-order valence-corrected chi connectivity index (χ4v) is 3.27. The van der Waals surface area contributed by atoms with Gasteiger partial charge in [-0.25, -0.2) is 4.98 Å². The van der Waals surface area contributed by atoms with E-state index >= 15 is 0 Å². The van der Waals surface area contributed by atoms with E-state index in [0.29, 0.717) is 17.7 Å². The van der Waals surface area contributed by atoms with Gasteiger partial charge in [-0.15, -0.1) is 0 Å². The molecule has 0 amide bonds. The number of rotatable bonds is 4. The van der Waals surface area contributed by atoms with E-state index in [9.17, 15) is 4.79 Å². The van der Waals surface area contributed by atoms with Crippen LogP contribution in [0.1, 0.15) is 16.8 Å². The van der Waals surface area contributed by atoms with E-state index in [-0.39, 0.29) is 17.5 Å². The molecule has 29 heavy (non-hydrogen) atoms. The number of guanidine groups is 1. The molecule has 0 spiro atoms. The van der Waals surface area contributed by atoms with Crippen LogP contribution in [-0.2, 0) is 6.42 Å². The molecule has 0 radical (unpaired) electrons. The number of benzene rings is 3. The van der Waals surface area contributed by atoms with Crippen molar-refractivity contribution in [1.29, 1.82) is 0 Å². The Balaban J connectivity index is 1.60. The smallest absolute Gasteiger partial charge is 0.256 e. The van der Waals surface area contributed by atoms with Gasteiger partial charge in [-0.05, 0) is 23.9 Å². The Kier molecular flexibility index (Phi) is 5.07. The van der Waals surface area contributed by atoms with E-state index in [1.165, 1.54) is 0 Å². The van der Waals surface area contributed by atoms with Gasteiger partial charge in [0, 0.05) is 23.1 Å². The number of nitrogens with two attached hydrogens (primary N) is 1. The minimum absolute atomic E-state index is 0.153. The SMILES string of the molecule is Cc1nc(/N=C(\N)Nc2cccc3ccccc23)[nH]c(=O)c1Cc1ccccc1. The normalized spacial score (nSPS) is 11.6. The summed E-state index contributed by atoms with van der Waals surface area (Å²) in [4.78, 5) is 23.9. The molecule has 1 heterocycles. The highest BCUT2D eigenvalue weighted by atomic mass is 16.1. The number of hydrogen-bond acceptors (Lipinski definition) is 3. The van der Waals surface area contributed by atoms with E-state index in [2.05, 4.69) is 20.3 Å². The Morgan fingerprint density at radius 2 is 1.76 bits per heavy atom. The van der Waals surface area contributed by atoms with Gasteiger partial charge in [-0.2, -0.15) is 4.99 Å². The molecule has 0 aliphatic heterocycles. The summed E-state index contributed by atoms with van der Waals surface area (Å²) in [5, 5.41) is 5.22. The fraction of sp³-hybridized carbons (Fsp3) is 0.0870. The van der Waals surface area contributed by atoms with E-state index in [4.69, 9.17) is 5.73 Å². The Morgan fingerprint density at radius 1 is 1.03 bits per heavy atom. The molecule has 144 valence electrons. The van der Waals surface area contributed by atoms with Crippen LogP contribution < -0.4 is 16.6 Å². The van der Waals surface area contributed by atoms with Crippen LogP contribution in [0.25, 0.3) is 10.8 Å². The van der Waals surface area contributed by atoms with Crippen molar-refractivity contribution < 1.29 is 0 Å². The van der Waals surface area contributed by atoms with Crippen LogP contribution >= 0.6 is 0 Å². The van der Waals surface area contributed by atoms with Crippen molar-refractivity contribution >= 4 is 28.4 Å². The number of hydrogen-bond donors (Lipinski definition) is 3. The standard InChI is InChI=1S/C23H21N5O/c1-15-19(14-16-8-3-2-4-9-16)21(29)27-23(25-15)28-22(24)26-20-13-7-11-17-10-5-6-12-18(17)20/h2-13H,14H2,1H3,(H4,24,25,26,27,28,29). The lowest BCUT2D eigenvalue weighted by atomic mass is 10.1. The molecule has 0 aliphatic carbocycles. The van der Waals surface area contributed by atoms with Crippen molar-refractivity contribution in [1.82, 2.24) is 9.97 Å². The molecule has 4 rings (SSSR count). The molecular weight excluding hydrogens is 362 g/mol. The second kappa shape index (κ2) is 7.98. The number of aliphatic imine (C=N–C) groups is 1. The van der Waals surface area contributed by atoms with Crippen LogP contribution in [0, 0.1) is 6.92 Å². The van der Waals surface area contributed by atoms with Gasteiger partial charge >= 0.3 is 0 Å². The van der Waals surface area contributed by atoms with E-state index < -0.39 is 0 Å². The van der Waals surface area contributed by atoms with E-state index in [1.54, 1.807) is 6.92 Å². The lowest BCUT2D eigenvalue weighted by Crippen LogP contribution is -2.23. The van der Waals surface area contributed by atoms with Gasteiger partial charge in [0.15, 0.2) is 0 Å². The van der Waals surface area contributed by atoms with Crippen molar-refractivity contribution in [2.75, 3.05) is 5.32 Å². The first-order valence-electron chi connectivity index (χ1n) is 9.33. The third-order valence-electron chi connectivity index (χ3n) is 4.71. The zero-order valence-corrected chi connectivity index (χ0v) is 16.0. The summed E-state index contributed by atoms with van der Waals surface area (Å²) in [5.41, 5.74) is 9.00. The van der Waals surface area contributed by atoms with Gasteiger partial charge in [0.1, 0.15) is 0 Å². The highest BCUT2D eigenvalue weighted by Gasteiger charge is 2.09. The number of anilines is 1. The summed E-state index contributed by atoms with van der Waals surface area (Å²) >= 11 is 0. The predicted octanol–water partition coefficient (Wildman–Crippen LogP) is 3.88. The van der Waals surface area contributed by atoms with Gasteiger partial charge in [0.25, 0.3) is 5.56 Å². The number of fused-ring (bicyclic) bond motifs is 1. The summed E-state index contributed by atoms with van der Waals surface area (Å²) in [6.07, 6.45) is 0.517. The molecule has 0 aliphatic rings. The van der Waals surface area contributed by atoms with Crippen LogP contribution in [0.2, 0.25) is 0 Å². The van der Waals surface area contributed by atoms with Crippen LogP contribution in [0.4, 0.5) is 11.6 Å². The molecule has 6 heteroatoms. The van der Waals surface area contributed by atoms with Crippen molar-refractivity contribution in [3.8, 4) is 0 Å². The van der Waals surface area contributed by atoms with Gasteiger partial charge in [-0.3, -0.25) is 9.78 Å². The zero-order valence-electron chi connectivity index (χ0n) is 16.0. The van der Waals surface area contributed by atoms with Gasteiger partial charge in [-0.1, -0.05) is 66.7 Å². The van der Waals surface area contributed by atoms with Crippen molar-refractivity contribution in [3.05, 3.63) is 100.0 Å². The maximum Gasteiger partial charge on any atom is 0.256 e. The average Bonchev–Trinajstić information content (AvgIpc) is 2.72. The highest BCUT2D eigenvalue weighted by molar-refractivity contribution is 6.03. The summed E-state index contributed by atoms with van der Waals surface area (Å²) in [7, 11) is 0. The third kappa shape index (κ3) is 4.16. The van der Waals surface area contributed by atoms with Crippen molar-refractivity contribution in [2.24, 2.45) is 10.7 Å². The summed E-state index contributed by atoms with van der Waals surface area (Å²) < 4.78 is 0. The van der Waals surface area contributed by atoms with Gasteiger partial charge in [0.2, 0.25) is 11.9 Å². The first-order chi connectivity index (χ1) is 14.1. The van der Waals surface area contributed by atoms with E-state index in [1.807, 2.05) is 72.8 Å². The van der Waals surface area contributed by atoms with Crippen molar-refractivity contribution in [2.45, 2.75) is 13.3 Å². The zero-order chi connectivity index (χ0) is 20.2. The second-order valence-corrected chi connectivity index (χ2v) is 6.76. The second-order valence-electron chi connectivity index (χ2n) is 6.76.